The Morgan fingerprint density at radius 3 is 1.19 bits per heavy atom. The van der Waals surface area contributed by atoms with Gasteiger partial charge in [-0.3, -0.25) is 0 Å². The number of rotatable bonds is 8. The molecule has 68 heavy (non-hydrogen) atoms. The van der Waals surface area contributed by atoms with Crippen molar-refractivity contribution in [3.05, 3.63) is 231 Å². The Kier molecular flexibility index (Phi) is 9.39. The second kappa shape index (κ2) is 16.3. The average Bonchev–Trinajstić information content (AvgIpc) is 4.00. The molecule has 0 aliphatic rings. The average molecular weight is 871 g/mol. The maximum Gasteiger partial charge on any atom is 0.231 e. The van der Waals surface area contributed by atoms with Gasteiger partial charge in [0.1, 0.15) is 11.2 Å². The first kappa shape index (κ1) is 39.1. The summed E-state index contributed by atoms with van der Waals surface area (Å²) < 4.78 is 13.0. The summed E-state index contributed by atoms with van der Waals surface area (Å²) in [5.74, 6) is 1.19. The zero-order chi connectivity index (χ0) is 45.0. The number of fused-ring (bicyclic) bond motifs is 6. The minimum absolute atomic E-state index is 0.545. The van der Waals surface area contributed by atoms with Gasteiger partial charge in [0.05, 0.1) is 22.2 Å². The summed E-state index contributed by atoms with van der Waals surface area (Å²) >= 11 is 0. The van der Waals surface area contributed by atoms with Crippen LogP contribution in [0.15, 0.2) is 239 Å². The van der Waals surface area contributed by atoms with E-state index < -0.39 is 0 Å². The smallest absolute Gasteiger partial charge is 0.231 e. The van der Waals surface area contributed by atoms with Gasteiger partial charge in [0.15, 0.2) is 11.6 Å². The van der Waals surface area contributed by atoms with Crippen molar-refractivity contribution in [1.29, 1.82) is 0 Å². The Balaban J connectivity index is 0.949. The van der Waals surface area contributed by atoms with Crippen LogP contribution in [-0.4, -0.2) is 19.9 Å². The van der Waals surface area contributed by atoms with E-state index in [0.717, 1.165) is 111 Å². The van der Waals surface area contributed by atoms with Crippen molar-refractivity contribution in [2.75, 3.05) is 0 Å². The first-order chi connectivity index (χ1) is 33.7. The Morgan fingerprint density at radius 1 is 0.250 bits per heavy atom. The van der Waals surface area contributed by atoms with Gasteiger partial charge in [-0.1, -0.05) is 212 Å². The van der Waals surface area contributed by atoms with E-state index in [0.29, 0.717) is 23.1 Å². The molecule has 0 saturated heterocycles. The van der Waals surface area contributed by atoms with E-state index in [1.807, 2.05) is 48.5 Å². The van der Waals surface area contributed by atoms with Gasteiger partial charge in [0.25, 0.3) is 0 Å². The van der Waals surface area contributed by atoms with E-state index in [1.54, 1.807) is 0 Å². The predicted molar refractivity (Wildman–Crippen MR) is 276 cm³/mol. The molecule has 0 aliphatic heterocycles. The summed E-state index contributed by atoms with van der Waals surface area (Å²) in [7, 11) is 0. The number of nitrogens with zero attached hydrogens (tertiary/aromatic N) is 4. The monoisotopic (exact) mass is 870 g/mol. The molecule has 0 spiro atoms. The molecule has 4 heterocycles. The summed E-state index contributed by atoms with van der Waals surface area (Å²) in [6.07, 6.45) is 0. The lowest BCUT2D eigenvalue weighted by molar-refractivity contribution is 0.653. The summed E-state index contributed by atoms with van der Waals surface area (Å²) in [5, 5.41) is 3.70. The van der Waals surface area contributed by atoms with Crippen LogP contribution in [0.2, 0.25) is 0 Å². The van der Waals surface area contributed by atoms with Crippen molar-refractivity contribution in [2.45, 2.75) is 0 Å². The van der Waals surface area contributed by atoms with E-state index in [9.17, 15) is 0 Å². The second-order valence-corrected chi connectivity index (χ2v) is 16.9. The topological polar surface area (TPSA) is 77.8 Å². The molecule has 13 aromatic rings. The molecule has 6 heteroatoms. The molecule has 0 radical (unpaired) electrons. The first-order valence-corrected chi connectivity index (χ1v) is 22.7. The summed E-state index contributed by atoms with van der Waals surface area (Å²) in [5.41, 5.74) is 16.8. The second-order valence-electron chi connectivity index (χ2n) is 16.9. The highest BCUT2D eigenvalue weighted by atomic mass is 16.3. The molecule has 0 bridgehead atoms. The fourth-order valence-corrected chi connectivity index (χ4v) is 9.52. The van der Waals surface area contributed by atoms with Gasteiger partial charge in [-0.2, -0.15) is 9.97 Å². The van der Waals surface area contributed by atoms with Crippen LogP contribution in [0.5, 0.6) is 0 Å². The number of para-hydroxylation sites is 2. The maximum absolute atomic E-state index is 6.51. The Morgan fingerprint density at radius 2 is 0.632 bits per heavy atom. The van der Waals surface area contributed by atoms with Crippen LogP contribution < -0.4 is 0 Å². The molecule has 4 aromatic heterocycles. The zero-order valence-corrected chi connectivity index (χ0v) is 36.5. The van der Waals surface area contributed by atoms with Gasteiger partial charge >= 0.3 is 0 Å². The molecule has 0 saturated carbocycles. The van der Waals surface area contributed by atoms with Gasteiger partial charge in [0.2, 0.25) is 11.4 Å². The number of hydrogen-bond acceptors (Lipinski definition) is 6. The largest absolute Gasteiger partial charge is 0.438 e. The van der Waals surface area contributed by atoms with Crippen molar-refractivity contribution in [1.82, 2.24) is 19.9 Å². The molecule has 0 unspecified atom stereocenters. The van der Waals surface area contributed by atoms with Crippen molar-refractivity contribution >= 4 is 44.1 Å². The van der Waals surface area contributed by atoms with Crippen LogP contribution in [0.4, 0.5) is 0 Å². The van der Waals surface area contributed by atoms with Crippen LogP contribution in [0, 0.1) is 0 Å². The molecular formula is C62H38N4O2. The number of benzene rings is 9. The summed E-state index contributed by atoms with van der Waals surface area (Å²) in [6.45, 7) is 0. The SMILES string of the molecule is c1ccc(-c2ccc(-c3nc(-c4cccc(-c5ccccc5-c5ccccc5-c5nc(-c6ccc(-c7ccccc7)cc6)nc6oc7ccccc7c56)c4)c4c(n3)oc3ccccc34)cc2)cc1. The lowest BCUT2D eigenvalue weighted by atomic mass is 9.89. The molecule has 6 nitrogen and oxygen atoms in total. The van der Waals surface area contributed by atoms with Gasteiger partial charge < -0.3 is 8.83 Å². The van der Waals surface area contributed by atoms with Crippen LogP contribution in [0.3, 0.4) is 0 Å². The normalized spacial score (nSPS) is 11.5. The summed E-state index contributed by atoms with van der Waals surface area (Å²) in [4.78, 5) is 20.8. The van der Waals surface area contributed by atoms with Crippen molar-refractivity contribution in [3.63, 3.8) is 0 Å². The van der Waals surface area contributed by atoms with Crippen LogP contribution in [-0.2, 0) is 0 Å². The fraction of sp³-hybridized carbons (Fsp3) is 0. The quantitative estimate of drug-likeness (QED) is 0.151. The fourth-order valence-electron chi connectivity index (χ4n) is 9.52. The minimum Gasteiger partial charge on any atom is -0.438 e. The predicted octanol–water partition coefficient (Wildman–Crippen LogP) is 16.4. The van der Waals surface area contributed by atoms with Crippen molar-refractivity contribution < 1.29 is 8.83 Å². The number of aromatic nitrogens is 4. The molecule has 0 N–H and O–H groups in total. The third-order valence-electron chi connectivity index (χ3n) is 12.8. The standard InChI is InChI=1S/C62H38N4O2/c1-3-16-39(17-4-1)41-30-34-43(35-31-41)59-63-57(55-51-26-11-13-28-53(51)67-61(55)65-59)46-21-15-20-45(38-46)47-22-7-8-23-48(47)49-24-9-10-25-50(49)58-56-52-27-12-14-29-54(52)68-62(56)66-60(64-58)44-36-32-42(33-37-44)40-18-5-2-6-19-40/h1-38H. The molecule has 0 atom stereocenters. The van der Waals surface area contributed by atoms with Crippen molar-refractivity contribution in [2.24, 2.45) is 0 Å². The van der Waals surface area contributed by atoms with Gasteiger partial charge in [-0.25, -0.2) is 9.97 Å². The Hall–Kier alpha value is -9.26. The van der Waals surface area contributed by atoms with Crippen molar-refractivity contribution in [3.8, 4) is 89.8 Å². The van der Waals surface area contributed by atoms with E-state index in [-0.39, 0.29) is 0 Å². The minimum atomic E-state index is 0.545. The van der Waals surface area contributed by atoms with E-state index >= 15 is 0 Å². The highest BCUT2D eigenvalue weighted by molar-refractivity contribution is 6.13. The molecule has 9 aromatic carbocycles. The van der Waals surface area contributed by atoms with E-state index in [2.05, 4.69) is 182 Å². The van der Waals surface area contributed by atoms with E-state index in [4.69, 9.17) is 28.8 Å². The molecule has 0 aliphatic carbocycles. The lowest BCUT2D eigenvalue weighted by Crippen LogP contribution is -1.96. The van der Waals surface area contributed by atoms with Gasteiger partial charge in [0, 0.05) is 33.0 Å². The zero-order valence-electron chi connectivity index (χ0n) is 36.5. The molecule has 0 amide bonds. The van der Waals surface area contributed by atoms with Crippen LogP contribution in [0.25, 0.3) is 134 Å². The van der Waals surface area contributed by atoms with Crippen LogP contribution >= 0.6 is 0 Å². The van der Waals surface area contributed by atoms with Gasteiger partial charge in [-0.05, 0) is 62.7 Å². The first-order valence-electron chi connectivity index (χ1n) is 22.7. The molecule has 0 fully saturated rings. The third-order valence-corrected chi connectivity index (χ3v) is 12.8. The molecular weight excluding hydrogens is 833 g/mol. The Bertz CT molecular complexity index is 4010. The number of furan rings is 2. The highest BCUT2D eigenvalue weighted by Gasteiger charge is 2.23. The third kappa shape index (κ3) is 6.82. The highest BCUT2D eigenvalue weighted by Crippen LogP contribution is 2.44. The summed E-state index contributed by atoms with van der Waals surface area (Å²) in [6, 6.07) is 79.5. The molecule has 318 valence electrons. The Labute approximate surface area is 391 Å². The van der Waals surface area contributed by atoms with Crippen LogP contribution in [0.1, 0.15) is 0 Å². The lowest BCUT2D eigenvalue weighted by Gasteiger charge is -2.16. The molecule has 13 rings (SSSR count). The maximum atomic E-state index is 6.51. The van der Waals surface area contributed by atoms with Gasteiger partial charge in [-0.15, -0.1) is 0 Å². The number of hydrogen-bond donors (Lipinski definition) is 0. The van der Waals surface area contributed by atoms with E-state index in [1.165, 1.54) is 0 Å².